The van der Waals surface area contributed by atoms with Gasteiger partial charge in [0.1, 0.15) is 0 Å². The summed E-state index contributed by atoms with van der Waals surface area (Å²) in [5.74, 6) is 0. The zero-order valence-corrected chi connectivity index (χ0v) is 9.00. The van der Waals surface area contributed by atoms with E-state index in [2.05, 4.69) is 33.8 Å². The van der Waals surface area contributed by atoms with Gasteiger partial charge in [-0.2, -0.15) is 0 Å². The minimum Gasteiger partial charge on any atom is -0.327 e. The van der Waals surface area contributed by atoms with Gasteiger partial charge < -0.3 is 10.2 Å². The minimum atomic E-state index is 0.583. The Bertz CT molecular complexity index is 136. The summed E-state index contributed by atoms with van der Waals surface area (Å²) in [7, 11) is 4.31. The van der Waals surface area contributed by atoms with Crippen LogP contribution in [-0.2, 0) is 0 Å². The van der Waals surface area contributed by atoms with Crippen molar-refractivity contribution in [1.82, 2.24) is 0 Å². The fraction of sp³-hybridized carbons (Fsp3) is 0.455. The van der Waals surface area contributed by atoms with Gasteiger partial charge in [0.2, 0.25) is 0 Å². The van der Waals surface area contributed by atoms with Crippen molar-refractivity contribution in [1.29, 1.82) is 0 Å². The van der Waals surface area contributed by atoms with Crippen LogP contribution in [0.2, 0.25) is 0 Å². The van der Waals surface area contributed by atoms with Crippen molar-refractivity contribution in [2.75, 3.05) is 33.7 Å². The lowest BCUT2D eigenvalue weighted by atomic mass is 10.4. The summed E-state index contributed by atoms with van der Waals surface area (Å²) in [6, 6.07) is 0. The second-order valence-corrected chi connectivity index (χ2v) is 3.40. The maximum atomic E-state index is 4.91. The first kappa shape index (κ1) is 14.7. The molecular weight excluding hydrogens is 160 g/mol. The first-order chi connectivity index (χ1) is 6.04. The third kappa shape index (κ3) is 14.0. The van der Waals surface area contributed by atoms with Gasteiger partial charge in [-0.1, -0.05) is 19.2 Å². The van der Waals surface area contributed by atoms with Gasteiger partial charge in [-0.05, 0) is 12.2 Å². The van der Waals surface area contributed by atoms with E-state index in [1.807, 2.05) is 12.2 Å². The predicted molar refractivity (Wildman–Crippen MR) is 61.5 cm³/mol. The van der Waals surface area contributed by atoms with Crippen molar-refractivity contribution in [2.45, 2.75) is 0 Å². The molecule has 0 saturated carbocycles. The molecule has 2 nitrogen and oxygen atoms in total. The monoisotopic (exact) mass is 183 g/mol. The van der Waals surface area contributed by atoms with Crippen LogP contribution in [0.15, 0.2) is 38.0 Å². The first-order valence-electron chi connectivity index (χ1n) is 4.38. The van der Waals surface area contributed by atoms with E-state index < -0.39 is 0 Å². The van der Waals surface area contributed by atoms with Crippen LogP contribution in [0, 0.1) is 0 Å². The number of rotatable bonds is 5. The molecule has 0 aromatic rings. The van der Waals surface area contributed by atoms with Crippen molar-refractivity contribution in [3.8, 4) is 0 Å². The average molecular weight is 183 g/mol. The van der Waals surface area contributed by atoms with Crippen molar-refractivity contribution >= 4 is 0 Å². The number of nitrogens with two attached hydrogens (primary N) is 1. The van der Waals surface area contributed by atoms with Crippen LogP contribution in [0.1, 0.15) is 0 Å². The summed E-state index contributed by atoms with van der Waals surface area (Å²) in [6.45, 7) is 13.3. The Kier molecular flexibility index (Phi) is 10.4. The molecule has 0 radical (unpaired) electrons. The highest BCUT2D eigenvalue weighted by Crippen LogP contribution is 1.95. The molecule has 0 aliphatic carbocycles. The third-order valence-electron chi connectivity index (χ3n) is 1.41. The van der Waals surface area contributed by atoms with Crippen LogP contribution < -0.4 is 5.73 Å². The summed E-state index contributed by atoms with van der Waals surface area (Å²) in [5.41, 5.74) is 4.91. The molecule has 0 saturated heterocycles. The number of hydrogen-bond donors (Lipinski definition) is 1. The van der Waals surface area contributed by atoms with Gasteiger partial charge >= 0.3 is 0 Å². The molecule has 0 rings (SSSR count). The summed E-state index contributed by atoms with van der Waals surface area (Å²) in [5, 5.41) is 0. The lowest BCUT2D eigenvalue weighted by Crippen LogP contribution is -2.39. The maximum Gasteiger partial charge on any atom is 0.0969 e. The summed E-state index contributed by atoms with van der Waals surface area (Å²) in [4.78, 5) is 0. The van der Waals surface area contributed by atoms with Gasteiger partial charge in [0.25, 0.3) is 0 Å². The molecule has 0 fully saturated rings. The zero-order chi connectivity index (χ0) is 10.7. The lowest BCUT2D eigenvalue weighted by Gasteiger charge is -2.26. The standard InChI is InChI=1S/C8H16N.C3H7N/c1-5-7-9(3,4)8-6-2;1-2-3-4/h5-6H,1-2,7-8H2,3-4H3;2H,1,3-4H2/q+1;. The molecule has 0 spiro atoms. The van der Waals surface area contributed by atoms with Crippen LogP contribution >= 0.6 is 0 Å². The predicted octanol–water partition coefficient (Wildman–Crippen LogP) is 1.57. The molecule has 0 aromatic heterocycles. The van der Waals surface area contributed by atoms with Crippen LogP contribution in [0.3, 0.4) is 0 Å². The van der Waals surface area contributed by atoms with E-state index in [9.17, 15) is 0 Å². The van der Waals surface area contributed by atoms with E-state index in [1.165, 1.54) is 0 Å². The first-order valence-corrected chi connectivity index (χ1v) is 4.38. The minimum absolute atomic E-state index is 0.583. The van der Waals surface area contributed by atoms with E-state index in [1.54, 1.807) is 6.08 Å². The fourth-order valence-electron chi connectivity index (χ4n) is 0.774. The van der Waals surface area contributed by atoms with Gasteiger partial charge in [-0.3, -0.25) is 0 Å². The Morgan fingerprint density at radius 1 is 1.00 bits per heavy atom. The topological polar surface area (TPSA) is 26.0 Å². The van der Waals surface area contributed by atoms with Gasteiger partial charge in [-0.15, -0.1) is 6.58 Å². The second kappa shape index (κ2) is 9.23. The highest BCUT2D eigenvalue weighted by atomic mass is 15.3. The highest BCUT2D eigenvalue weighted by Gasteiger charge is 2.07. The van der Waals surface area contributed by atoms with Crippen molar-refractivity contribution in [3.05, 3.63) is 38.0 Å². The maximum absolute atomic E-state index is 4.91. The molecule has 2 heteroatoms. The molecule has 2 N–H and O–H groups in total. The van der Waals surface area contributed by atoms with E-state index in [-0.39, 0.29) is 0 Å². The Labute approximate surface area is 82.6 Å². The number of likely N-dealkylation sites (N-methyl/N-ethyl adjacent to an activating group) is 1. The van der Waals surface area contributed by atoms with Crippen LogP contribution in [0.25, 0.3) is 0 Å². The average Bonchev–Trinajstić information content (AvgIpc) is 2.04. The van der Waals surface area contributed by atoms with Crippen molar-refractivity contribution in [2.24, 2.45) is 5.73 Å². The SMILES string of the molecule is C=CCN.C=CC[N+](C)(C)CC=C. The molecule has 0 amide bonds. The van der Waals surface area contributed by atoms with Crippen LogP contribution in [0.4, 0.5) is 0 Å². The van der Waals surface area contributed by atoms with Gasteiger partial charge in [0, 0.05) is 6.54 Å². The Balaban J connectivity index is 0. The smallest absolute Gasteiger partial charge is 0.0969 e. The van der Waals surface area contributed by atoms with Crippen molar-refractivity contribution in [3.63, 3.8) is 0 Å². The Hall–Kier alpha value is -0.860. The van der Waals surface area contributed by atoms with E-state index in [0.29, 0.717) is 6.54 Å². The van der Waals surface area contributed by atoms with E-state index in [4.69, 9.17) is 5.73 Å². The number of nitrogens with zero attached hydrogens (tertiary/aromatic N) is 1. The molecule has 0 aliphatic rings. The largest absolute Gasteiger partial charge is 0.327 e. The van der Waals surface area contributed by atoms with Gasteiger partial charge in [0.05, 0.1) is 27.2 Å². The molecule has 0 aromatic carbocycles. The highest BCUT2D eigenvalue weighted by molar-refractivity contribution is 4.69. The number of hydrogen-bond acceptors (Lipinski definition) is 1. The molecule has 0 atom stereocenters. The lowest BCUT2D eigenvalue weighted by molar-refractivity contribution is -0.878. The molecule has 76 valence electrons. The van der Waals surface area contributed by atoms with E-state index >= 15 is 0 Å². The normalized spacial score (nSPS) is 9.46. The van der Waals surface area contributed by atoms with Gasteiger partial charge in [-0.25, -0.2) is 0 Å². The molecule has 0 heterocycles. The molecule has 0 unspecified atom stereocenters. The molecule has 0 aliphatic heterocycles. The quantitative estimate of drug-likeness (QED) is 0.508. The molecule has 13 heavy (non-hydrogen) atoms. The Morgan fingerprint density at radius 2 is 1.31 bits per heavy atom. The second-order valence-electron chi connectivity index (χ2n) is 3.40. The van der Waals surface area contributed by atoms with Crippen LogP contribution in [0.5, 0.6) is 0 Å². The third-order valence-corrected chi connectivity index (χ3v) is 1.41. The fourth-order valence-corrected chi connectivity index (χ4v) is 0.774. The van der Waals surface area contributed by atoms with Gasteiger partial charge in [0.15, 0.2) is 0 Å². The zero-order valence-electron chi connectivity index (χ0n) is 9.00. The number of quaternary nitrogens is 1. The Morgan fingerprint density at radius 3 is 1.46 bits per heavy atom. The summed E-state index contributed by atoms with van der Waals surface area (Å²) in [6.07, 6.45) is 5.52. The molecular formula is C11H23N2+. The molecule has 0 bridgehead atoms. The summed E-state index contributed by atoms with van der Waals surface area (Å²) >= 11 is 0. The van der Waals surface area contributed by atoms with Crippen LogP contribution in [-0.4, -0.2) is 38.2 Å². The van der Waals surface area contributed by atoms with Crippen molar-refractivity contribution < 1.29 is 4.48 Å². The summed E-state index contributed by atoms with van der Waals surface area (Å²) < 4.78 is 0.951. The van der Waals surface area contributed by atoms with E-state index in [0.717, 1.165) is 17.6 Å².